The Labute approximate surface area is 111 Å². The molecule has 1 saturated carbocycles. The van der Waals surface area contributed by atoms with Gasteiger partial charge in [0.05, 0.1) is 4.92 Å². The van der Waals surface area contributed by atoms with Gasteiger partial charge in [-0.3, -0.25) is 14.9 Å². The van der Waals surface area contributed by atoms with E-state index in [1.165, 1.54) is 18.2 Å². The van der Waals surface area contributed by atoms with Crippen LogP contribution < -0.4 is 11.1 Å². The van der Waals surface area contributed by atoms with Crippen molar-refractivity contribution in [2.75, 3.05) is 6.54 Å². The lowest BCUT2D eigenvalue weighted by atomic mass is 9.78. The molecule has 0 heterocycles. The number of amides is 1. The molecule has 1 aromatic rings. The number of benzene rings is 1. The smallest absolute Gasteiger partial charge is 0.272 e. The molecule has 2 rings (SSSR count). The third-order valence-corrected chi connectivity index (χ3v) is 3.61. The Morgan fingerprint density at radius 3 is 2.68 bits per heavy atom. The molecule has 19 heavy (non-hydrogen) atoms. The molecule has 0 unspecified atom stereocenters. The summed E-state index contributed by atoms with van der Waals surface area (Å²) in [5.74, 6) is -0.241. The van der Waals surface area contributed by atoms with Crippen molar-refractivity contribution in [2.45, 2.75) is 31.7 Å². The second kappa shape index (κ2) is 4.97. The molecule has 0 saturated heterocycles. The summed E-state index contributed by atoms with van der Waals surface area (Å²) in [6, 6.07) is 4.34. The van der Waals surface area contributed by atoms with Gasteiger partial charge < -0.3 is 11.1 Å². The van der Waals surface area contributed by atoms with Gasteiger partial charge in [-0.1, -0.05) is 0 Å². The molecule has 6 nitrogen and oxygen atoms in total. The van der Waals surface area contributed by atoms with Crippen LogP contribution in [0.3, 0.4) is 0 Å². The fraction of sp³-hybridized carbons (Fsp3) is 0.462. The first-order valence-electron chi connectivity index (χ1n) is 6.23. The molecule has 1 aliphatic carbocycles. The van der Waals surface area contributed by atoms with Gasteiger partial charge >= 0.3 is 0 Å². The van der Waals surface area contributed by atoms with Gasteiger partial charge in [-0.2, -0.15) is 0 Å². The number of nitrogens with one attached hydrogen (secondary N) is 1. The van der Waals surface area contributed by atoms with Gasteiger partial charge in [-0.25, -0.2) is 0 Å². The van der Waals surface area contributed by atoms with Crippen molar-refractivity contribution in [1.82, 2.24) is 5.32 Å². The van der Waals surface area contributed by atoms with Crippen molar-refractivity contribution in [1.29, 1.82) is 0 Å². The quantitative estimate of drug-likeness (QED) is 0.635. The van der Waals surface area contributed by atoms with E-state index >= 15 is 0 Å². The fourth-order valence-electron chi connectivity index (χ4n) is 2.17. The standard InChI is InChI=1S/C13H17N3O3/c1-9-7-10(3-4-11(9)16(18)19)12(17)15-8-13(14)5-2-6-13/h3-4,7H,2,5-6,8,14H2,1H3,(H,15,17). The van der Waals surface area contributed by atoms with Crippen LogP contribution in [0, 0.1) is 17.0 Å². The van der Waals surface area contributed by atoms with Crippen LogP contribution in [0.5, 0.6) is 0 Å². The van der Waals surface area contributed by atoms with Crippen LogP contribution in [0.15, 0.2) is 18.2 Å². The fourth-order valence-corrected chi connectivity index (χ4v) is 2.17. The van der Waals surface area contributed by atoms with Gasteiger partial charge in [-0.15, -0.1) is 0 Å². The van der Waals surface area contributed by atoms with Gasteiger partial charge in [-0.05, 0) is 38.3 Å². The van der Waals surface area contributed by atoms with E-state index in [1.54, 1.807) is 6.92 Å². The van der Waals surface area contributed by atoms with Crippen molar-refractivity contribution in [2.24, 2.45) is 5.73 Å². The highest BCUT2D eigenvalue weighted by molar-refractivity contribution is 5.94. The molecule has 0 atom stereocenters. The van der Waals surface area contributed by atoms with E-state index in [0.29, 0.717) is 17.7 Å². The molecule has 1 aromatic carbocycles. The van der Waals surface area contributed by atoms with Gasteiger partial charge in [0.25, 0.3) is 11.6 Å². The highest BCUT2D eigenvalue weighted by Crippen LogP contribution is 2.28. The largest absolute Gasteiger partial charge is 0.350 e. The number of nitro groups is 1. The first-order valence-corrected chi connectivity index (χ1v) is 6.23. The summed E-state index contributed by atoms with van der Waals surface area (Å²) >= 11 is 0. The summed E-state index contributed by atoms with van der Waals surface area (Å²) in [4.78, 5) is 22.2. The molecule has 6 heteroatoms. The summed E-state index contributed by atoms with van der Waals surface area (Å²) < 4.78 is 0. The van der Waals surface area contributed by atoms with Gasteiger partial charge in [0.1, 0.15) is 0 Å². The minimum absolute atomic E-state index is 0.0193. The van der Waals surface area contributed by atoms with E-state index in [1.807, 2.05) is 0 Å². The van der Waals surface area contributed by atoms with Crippen LogP contribution in [-0.2, 0) is 0 Å². The zero-order valence-corrected chi connectivity index (χ0v) is 10.8. The highest BCUT2D eigenvalue weighted by atomic mass is 16.6. The van der Waals surface area contributed by atoms with E-state index in [2.05, 4.69) is 5.32 Å². The van der Waals surface area contributed by atoms with Gasteiger partial charge in [0.2, 0.25) is 0 Å². The lowest BCUT2D eigenvalue weighted by Crippen LogP contribution is -2.54. The predicted molar refractivity (Wildman–Crippen MR) is 70.9 cm³/mol. The Morgan fingerprint density at radius 1 is 1.53 bits per heavy atom. The molecule has 1 amide bonds. The number of carbonyl (C=O) groups is 1. The SMILES string of the molecule is Cc1cc(C(=O)NCC2(N)CCC2)ccc1[N+](=O)[O-]. The number of rotatable bonds is 4. The number of hydrogen-bond acceptors (Lipinski definition) is 4. The molecule has 0 bridgehead atoms. The van der Waals surface area contributed by atoms with E-state index in [9.17, 15) is 14.9 Å². The monoisotopic (exact) mass is 263 g/mol. The second-order valence-corrected chi connectivity index (χ2v) is 5.16. The first kappa shape index (κ1) is 13.5. The number of nitrogens with two attached hydrogens (primary N) is 1. The maximum Gasteiger partial charge on any atom is 0.272 e. The van der Waals surface area contributed by atoms with Crippen LogP contribution in [0.2, 0.25) is 0 Å². The number of hydrogen-bond donors (Lipinski definition) is 2. The van der Waals surface area contributed by atoms with E-state index in [0.717, 1.165) is 19.3 Å². The van der Waals surface area contributed by atoms with Crippen molar-refractivity contribution < 1.29 is 9.72 Å². The Bertz CT molecular complexity index is 524. The first-order chi connectivity index (χ1) is 8.91. The molecule has 1 aliphatic rings. The normalized spacial score (nSPS) is 16.5. The zero-order valence-electron chi connectivity index (χ0n) is 10.8. The zero-order chi connectivity index (χ0) is 14.0. The van der Waals surface area contributed by atoms with E-state index in [-0.39, 0.29) is 17.1 Å². The summed E-state index contributed by atoms with van der Waals surface area (Å²) in [6.07, 6.45) is 2.95. The van der Waals surface area contributed by atoms with Crippen molar-refractivity contribution in [3.63, 3.8) is 0 Å². The Kier molecular flexibility index (Phi) is 3.53. The van der Waals surface area contributed by atoms with Crippen molar-refractivity contribution in [3.8, 4) is 0 Å². The van der Waals surface area contributed by atoms with E-state index < -0.39 is 4.92 Å². The average molecular weight is 263 g/mol. The molecule has 1 fully saturated rings. The molecular formula is C13H17N3O3. The predicted octanol–water partition coefficient (Wildman–Crippen LogP) is 1.51. The second-order valence-electron chi connectivity index (χ2n) is 5.16. The van der Waals surface area contributed by atoms with Crippen molar-refractivity contribution >= 4 is 11.6 Å². The van der Waals surface area contributed by atoms with Crippen LogP contribution in [0.25, 0.3) is 0 Å². The molecular weight excluding hydrogens is 246 g/mol. The summed E-state index contributed by atoms with van der Waals surface area (Å²) in [6.45, 7) is 2.06. The average Bonchev–Trinajstić information content (AvgIpc) is 2.33. The number of aryl methyl sites for hydroxylation is 1. The number of nitro benzene ring substituents is 1. The third-order valence-electron chi connectivity index (χ3n) is 3.61. The lowest BCUT2D eigenvalue weighted by molar-refractivity contribution is -0.385. The highest BCUT2D eigenvalue weighted by Gasteiger charge is 2.32. The van der Waals surface area contributed by atoms with Crippen LogP contribution in [-0.4, -0.2) is 22.9 Å². The minimum atomic E-state index is -0.458. The molecule has 0 aromatic heterocycles. The summed E-state index contributed by atoms with van der Waals surface area (Å²) in [5, 5.41) is 13.5. The maximum absolute atomic E-state index is 11.9. The molecule has 102 valence electrons. The number of nitrogens with zero attached hydrogens (tertiary/aromatic N) is 1. The molecule has 0 radical (unpaired) electrons. The van der Waals surface area contributed by atoms with Gasteiger partial charge in [0, 0.05) is 29.3 Å². The summed E-state index contributed by atoms with van der Waals surface area (Å²) in [7, 11) is 0. The van der Waals surface area contributed by atoms with Crippen LogP contribution in [0.4, 0.5) is 5.69 Å². The Hall–Kier alpha value is -1.95. The van der Waals surface area contributed by atoms with E-state index in [4.69, 9.17) is 5.73 Å². The Morgan fingerprint density at radius 2 is 2.21 bits per heavy atom. The molecule has 3 N–H and O–H groups in total. The lowest BCUT2D eigenvalue weighted by Gasteiger charge is -2.38. The van der Waals surface area contributed by atoms with Crippen LogP contribution >= 0.6 is 0 Å². The minimum Gasteiger partial charge on any atom is -0.350 e. The van der Waals surface area contributed by atoms with Crippen LogP contribution in [0.1, 0.15) is 35.2 Å². The summed E-state index contributed by atoms with van der Waals surface area (Å²) in [5.41, 5.74) is 6.66. The topological polar surface area (TPSA) is 98.3 Å². The maximum atomic E-state index is 11.9. The van der Waals surface area contributed by atoms with Gasteiger partial charge in [0.15, 0.2) is 0 Å². The molecule has 0 aliphatic heterocycles. The molecule has 0 spiro atoms. The van der Waals surface area contributed by atoms with Crippen molar-refractivity contribution in [3.05, 3.63) is 39.4 Å². The third kappa shape index (κ3) is 2.90. The Balaban J connectivity index is 2.03. The number of carbonyl (C=O) groups excluding carboxylic acids is 1.